The lowest BCUT2D eigenvalue weighted by atomic mass is 9.96. The number of para-hydroxylation sites is 1. The summed E-state index contributed by atoms with van der Waals surface area (Å²) < 4.78 is 5.77. The Morgan fingerprint density at radius 3 is 2.60 bits per heavy atom. The SMILES string of the molecule is CN(CCC1CCCCCC1)Cc1c[nH]c2c(OC(=O)N3CCCCC3)cccc12. The topological polar surface area (TPSA) is 48.6 Å². The first-order valence-electron chi connectivity index (χ1n) is 11.9. The largest absolute Gasteiger partial charge is 0.415 e. The van der Waals surface area contributed by atoms with Crippen molar-refractivity contribution in [2.24, 2.45) is 5.92 Å². The zero-order valence-corrected chi connectivity index (χ0v) is 18.5. The van der Waals surface area contributed by atoms with Gasteiger partial charge in [-0.25, -0.2) is 4.79 Å². The molecule has 164 valence electrons. The van der Waals surface area contributed by atoms with Gasteiger partial charge in [0, 0.05) is 31.2 Å². The van der Waals surface area contributed by atoms with E-state index in [4.69, 9.17) is 4.74 Å². The van der Waals surface area contributed by atoms with E-state index >= 15 is 0 Å². The number of hydrogen-bond donors (Lipinski definition) is 1. The second-order valence-corrected chi connectivity index (χ2v) is 9.29. The summed E-state index contributed by atoms with van der Waals surface area (Å²) in [6, 6.07) is 6.00. The highest BCUT2D eigenvalue weighted by atomic mass is 16.6. The molecule has 1 aliphatic heterocycles. The van der Waals surface area contributed by atoms with Crippen molar-refractivity contribution in [2.45, 2.75) is 70.8 Å². The molecule has 0 radical (unpaired) electrons. The van der Waals surface area contributed by atoms with E-state index in [9.17, 15) is 4.79 Å². The Kier molecular flexibility index (Phi) is 7.32. The van der Waals surface area contributed by atoms with E-state index < -0.39 is 0 Å². The van der Waals surface area contributed by atoms with Crippen molar-refractivity contribution in [1.29, 1.82) is 0 Å². The van der Waals surface area contributed by atoms with Crippen LogP contribution < -0.4 is 4.74 Å². The van der Waals surface area contributed by atoms with Crippen LogP contribution in [0.15, 0.2) is 24.4 Å². The maximum absolute atomic E-state index is 12.5. The third-order valence-corrected chi connectivity index (χ3v) is 6.91. The number of amides is 1. The minimum atomic E-state index is -0.223. The van der Waals surface area contributed by atoms with Crippen molar-refractivity contribution < 1.29 is 9.53 Å². The maximum atomic E-state index is 12.5. The molecule has 1 saturated heterocycles. The number of carbonyl (C=O) groups is 1. The molecular formula is C25H37N3O2. The van der Waals surface area contributed by atoms with Gasteiger partial charge in [0.15, 0.2) is 5.75 Å². The van der Waals surface area contributed by atoms with Gasteiger partial charge in [0.05, 0.1) is 5.52 Å². The quantitative estimate of drug-likeness (QED) is 0.598. The summed E-state index contributed by atoms with van der Waals surface area (Å²) in [5.74, 6) is 1.54. The zero-order chi connectivity index (χ0) is 20.8. The van der Waals surface area contributed by atoms with Gasteiger partial charge in [-0.05, 0) is 56.8 Å². The molecule has 2 aromatic rings. The molecule has 1 aliphatic carbocycles. The van der Waals surface area contributed by atoms with Gasteiger partial charge in [-0.2, -0.15) is 0 Å². The van der Waals surface area contributed by atoms with E-state index in [2.05, 4.69) is 29.2 Å². The monoisotopic (exact) mass is 411 g/mol. The minimum absolute atomic E-state index is 0.223. The number of likely N-dealkylation sites (tertiary alicyclic amines) is 1. The van der Waals surface area contributed by atoms with Crippen LogP contribution >= 0.6 is 0 Å². The number of piperidine rings is 1. The van der Waals surface area contributed by atoms with Crippen molar-refractivity contribution in [3.05, 3.63) is 30.0 Å². The molecule has 0 atom stereocenters. The van der Waals surface area contributed by atoms with Crippen LogP contribution in [0.1, 0.15) is 69.8 Å². The third kappa shape index (κ3) is 5.37. The second kappa shape index (κ2) is 10.3. The third-order valence-electron chi connectivity index (χ3n) is 6.91. The molecule has 5 heteroatoms. The molecule has 0 bridgehead atoms. The number of carbonyl (C=O) groups excluding carboxylic acids is 1. The van der Waals surface area contributed by atoms with E-state index in [1.165, 1.54) is 56.9 Å². The van der Waals surface area contributed by atoms with Crippen LogP contribution in [0.4, 0.5) is 4.79 Å². The molecule has 2 heterocycles. The highest BCUT2D eigenvalue weighted by Gasteiger charge is 2.20. The van der Waals surface area contributed by atoms with E-state index in [-0.39, 0.29) is 6.09 Å². The number of hydrogen-bond acceptors (Lipinski definition) is 3. The molecule has 1 N–H and O–H groups in total. The number of aromatic nitrogens is 1. The molecule has 30 heavy (non-hydrogen) atoms. The molecule has 0 spiro atoms. The number of benzene rings is 1. The highest BCUT2D eigenvalue weighted by molar-refractivity contribution is 5.90. The van der Waals surface area contributed by atoms with Crippen molar-refractivity contribution in [3.63, 3.8) is 0 Å². The molecule has 1 amide bonds. The minimum Gasteiger partial charge on any atom is -0.408 e. The molecule has 2 aliphatic rings. The first-order chi connectivity index (χ1) is 14.7. The Labute approximate surface area is 180 Å². The molecule has 0 unspecified atom stereocenters. The Morgan fingerprint density at radius 1 is 1.10 bits per heavy atom. The Morgan fingerprint density at radius 2 is 1.83 bits per heavy atom. The van der Waals surface area contributed by atoms with Gasteiger partial charge in [-0.15, -0.1) is 0 Å². The summed E-state index contributed by atoms with van der Waals surface area (Å²) in [5, 5.41) is 1.15. The second-order valence-electron chi connectivity index (χ2n) is 9.29. The predicted molar refractivity (Wildman–Crippen MR) is 122 cm³/mol. The number of aromatic amines is 1. The summed E-state index contributed by atoms with van der Waals surface area (Å²) in [6.45, 7) is 3.66. The van der Waals surface area contributed by atoms with E-state index in [0.29, 0.717) is 5.75 Å². The molecule has 4 rings (SSSR count). The van der Waals surface area contributed by atoms with Crippen LogP contribution in [-0.2, 0) is 6.54 Å². The number of ether oxygens (including phenoxy) is 1. The van der Waals surface area contributed by atoms with Gasteiger partial charge >= 0.3 is 6.09 Å². The smallest absolute Gasteiger partial charge is 0.408 e. The molecular weight excluding hydrogens is 374 g/mol. The summed E-state index contributed by atoms with van der Waals surface area (Å²) in [7, 11) is 2.22. The maximum Gasteiger partial charge on any atom is 0.415 e. The van der Waals surface area contributed by atoms with Crippen molar-refractivity contribution in [2.75, 3.05) is 26.7 Å². The molecule has 1 saturated carbocycles. The van der Waals surface area contributed by atoms with Gasteiger partial charge in [0.2, 0.25) is 0 Å². The van der Waals surface area contributed by atoms with Crippen LogP contribution in [0.2, 0.25) is 0 Å². The summed E-state index contributed by atoms with van der Waals surface area (Å²) >= 11 is 0. The Hall–Kier alpha value is -2.01. The van der Waals surface area contributed by atoms with Crippen LogP contribution in [0, 0.1) is 5.92 Å². The first kappa shape index (κ1) is 21.2. The zero-order valence-electron chi connectivity index (χ0n) is 18.5. The predicted octanol–water partition coefficient (Wildman–Crippen LogP) is 5.94. The average molecular weight is 412 g/mol. The Bertz CT molecular complexity index is 817. The molecule has 5 nitrogen and oxygen atoms in total. The number of fused-ring (bicyclic) bond motifs is 1. The van der Waals surface area contributed by atoms with E-state index in [1.54, 1.807) is 0 Å². The number of H-pyrrole nitrogens is 1. The van der Waals surface area contributed by atoms with Gasteiger partial charge in [0.25, 0.3) is 0 Å². The standard InChI is InChI=1S/C25H37N3O2/c1-27(17-14-20-10-5-2-3-6-11-20)19-21-18-26-24-22(21)12-9-13-23(24)30-25(29)28-15-7-4-8-16-28/h9,12-13,18,20,26H,2-8,10-11,14-17,19H2,1H3. The fourth-order valence-electron chi connectivity index (χ4n) is 5.06. The number of nitrogens with zero attached hydrogens (tertiary/aromatic N) is 2. The highest BCUT2D eigenvalue weighted by Crippen LogP contribution is 2.29. The fraction of sp³-hybridized carbons (Fsp3) is 0.640. The summed E-state index contributed by atoms with van der Waals surface area (Å²) in [5.41, 5.74) is 2.19. The van der Waals surface area contributed by atoms with Crippen LogP contribution in [-0.4, -0.2) is 47.6 Å². The van der Waals surface area contributed by atoms with Crippen LogP contribution in [0.5, 0.6) is 5.75 Å². The Balaban J connectivity index is 1.36. The summed E-state index contributed by atoms with van der Waals surface area (Å²) in [4.78, 5) is 20.2. The van der Waals surface area contributed by atoms with Crippen LogP contribution in [0.25, 0.3) is 10.9 Å². The lowest BCUT2D eigenvalue weighted by molar-refractivity contribution is 0.143. The van der Waals surface area contributed by atoms with E-state index in [0.717, 1.165) is 55.8 Å². The van der Waals surface area contributed by atoms with Crippen molar-refractivity contribution >= 4 is 17.0 Å². The fourth-order valence-corrected chi connectivity index (χ4v) is 5.06. The molecule has 1 aromatic heterocycles. The average Bonchev–Trinajstić information content (AvgIpc) is 3.00. The number of nitrogens with one attached hydrogen (secondary N) is 1. The number of rotatable bonds is 6. The van der Waals surface area contributed by atoms with E-state index in [1.807, 2.05) is 17.0 Å². The molecule has 2 fully saturated rings. The van der Waals surface area contributed by atoms with Gasteiger partial charge < -0.3 is 19.5 Å². The lowest BCUT2D eigenvalue weighted by Crippen LogP contribution is -2.37. The van der Waals surface area contributed by atoms with Crippen LogP contribution in [0.3, 0.4) is 0 Å². The van der Waals surface area contributed by atoms with Gasteiger partial charge in [0.1, 0.15) is 0 Å². The summed E-state index contributed by atoms with van der Waals surface area (Å²) in [6.07, 6.45) is 15.0. The van der Waals surface area contributed by atoms with Crippen molar-refractivity contribution in [3.8, 4) is 5.75 Å². The normalized spacial score (nSPS) is 18.7. The first-order valence-corrected chi connectivity index (χ1v) is 11.9. The van der Waals surface area contributed by atoms with Gasteiger partial charge in [-0.1, -0.05) is 50.7 Å². The van der Waals surface area contributed by atoms with Crippen molar-refractivity contribution in [1.82, 2.24) is 14.8 Å². The lowest BCUT2D eigenvalue weighted by Gasteiger charge is -2.25. The molecule has 1 aromatic carbocycles. The van der Waals surface area contributed by atoms with Gasteiger partial charge in [-0.3, -0.25) is 0 Å².